The molecule has 1 unspecified atom stereocenters. The van der Waals surface area contributed by atoms with E-state index in [1.165, 1.54) is 0 Å². The van der Waals surface area contributed by atoms with Crippen LogP contribution in [0, 0.1) is 6.92 Å². The summed E-state index contributed by atoms with van der Waals surface area (Å²) in [4.78, 5) is 13.9. The number of carbonyl (C=O) groups is 1. The highest BCUT2D eigenvalue weighted by atomic mass is 35.5. The summed E-state index contributed by atoms with van der Waals surface area (Å²) in [5.41, 5.74) is 8.27. The van der Waals surface area contributed by atoms with Crippen LogP contribution in [-0.2, 0) is 0 Å². The maximum absolute atomic E-state index is 12.2. The Hall–Kier alpha value is -1.85. The first kappa shape index (κ1) is 17.2. The smallest absolute Gasteiger partial charge is 0.253 e. The average molecular weight is 309 g/mol. The van der Waals surface area contributed by atoms with E-state index in [0.717, 1.165) is 11.3 Å². The minimum Gasteiger partial charge on any atom is -0.338 e. The van der Waals surface area contributed by atoms with Crippen molar-refractivity contribution >= 4 is 18.3 Å². The number of hydrogen-bond donors (Lipinski definition) is 1. The Bertz CT molecular complexity index is 594. The molecule has 1 atom stereocenters. The van der Waals surface area contributed by atoms with Gasteiger partial charge in [0.15, 0.2) is 0 Å². The number of carbonyl (C=O) groups excluding carboxylic acids is 1. The number of likely N-dealkylation sites (N-methyl/N-ethyl adjacent to an activating group) is 1. The lowest BCUT2D eigenvalue weighted by Crippen LogP contribution is -2.39. The van der Waals surface area contributed by atoms with E-state index < -0.39 is 0 Å². The van der Waals surface area contributed by atoms with Crippen molar-refractivity contribution in [2.45, 2.75) is 19.9 Å². The van der Waals surface area contributed by atoms with Crippen LogP contribution < -0.4 is 5.73 Å². The van der Waals surface area contributed by atoms with Crippen LogP contribution in [0.3, 0.4) is 0 Å². The minimum absolute atomic E-state index is 0. The zero-order valence-electron chi connectivity index (χ0n) is 12.5. The molecular weight excluding hydrogens is 288 g/mol. The predicted octanol–water partition coefficient (Wildman–Crippen LogP) is 2.02. The van der Waals surface area contributed by atoms with E-state index in [9.17, 15) is 4.79 Å². The van der Waals surface area contributed by atoms with E-state index in [1.807, 2.05) is 44.3 Å². The number of halogens is 1. The van der Waals surface area contributed by atoms with Crippen LogP contribution in [0.25, 0.3) is 5.69 Å². The minimum atomic E-state index is -0.0221. The molecule has 0 aliphatic carbocycles. The van der Waals surface area contributed by atoms with Crippen LogP contribution in [0.5, 0.6) is 0 Å². The fourth-order valence-electron chi connectivity index (χ4n) is 1.87. The van der Waals surface area contributed by atoms with Gasteiger partial charge in [-0.25, -0.2) is 4.68 Å². The number of hydrogen-bond acceptors (Lipinski definition) is 3. The van der Waals surface area contributed by atoms with E-state index in [1.54, 1.807) is 22.8 Å². The molecule has 1 amide bonds. The summed E-state index contributed by atoms with van der Waals surface area (Å²) in [6.45, 7) is 4.37. The first-order valence-electron chi connectivity index (χ1n) is 6.62. The molecule has 114 valence electrons. The fourth-order valence-corrected chi connectivity index (χ4v) is 1.87. The van der Waals surface area contributed by atoms with Crippen LogP contribution in [0.1, 0.15) is 22.8 Å². The summed E-state index contributed by atoms with van der Waals surface area (Å²) in [5, 5.41) is 4.24. The lowest BCUT2D eigenvalue weighted by molar-refractivity contribution is 0.0748. The summed E-state index contributed by atoms with van der Waals surface area (Å²) in [6.07, 6.45) is 3.75. The second-order valence-corrected chi connectivity index (χ2v) is 5.01. The number of benzene rings is 1. The lowest BCUT2D eigenvalue weighted by Gasteiger charge is -2.23. The Morgan fingerprint density at radius 2 is 2.00 bits per heavy atom. The summed E-state index contributed by atoms with van der Waals surface area (Å²) < 4.78 is 1.79. The molecule has 0 aliphatic heterocycles. The normalized spacial score (nSPS) is 11.6. The van der Waals surface area contributed by atoms with Gasteiger partial charge in [0.25, 0.3) is 5.91 Å². The van der Waals surface area contributed by atoms with Crippen LogP contribution in [-0.4, -0.2) is 40.2 Å². The summed E-state index contributed by atoms with van der Waals surface area (Å²) in [7, 11) is 1.77. The molecule has 0 saturated carbocycles. The van der Waals surface area contributed by atoms with E-state index >= 15 is 0 Å². The van der Waals surface area contributed by atoms with Crippen molar-refractivity contribution in [2.24, 2.45) is 5.73 Å². The first-order chi connectivity index (χ1) is 9.52. The van der Waals surface area contributed by atoms with Crippen molar-refractivity contribution in [3.8, 4) is 5.69 Å². The Labute approximate surface area is 131 Å². The van der Waals surface area contributed by atoms with Gasteiger partial charge in [0.05, 0.1) is 11.9 Å². The number of rotatable bonds is 4. The zero-order valence-corrected chi connectivity index (χ0v) is 13.3. The topological polar surface area (TPSA) is 64.2 Å². The molecule has 0 spiro atoms. The average Bonchev–Trinajstić information content (AvgIpc) is 2.91. The molecule has 5 nitrogen and oxygen atoms in total. The fraction of sp³-hybridized carbons (Fsp3) is 0.333. The zero-order chi connectivity index (χ0) is 14.7. The quantitative estimate of drug-likeness (QED) is 0.940. The summed E-state index contributed by atoms with van der Waals surface area (Å²) in [5.74, 6) is -0.0221. The molecule has 0 fully saturated rings. The van der Waals surface area contributed by atoms with Crippen LogP contribution in [0.2, 0.25) is 0 Å². The SMILES string of the molecule is Cc1cnn(-c2ccc(C(=O)N(C)C(C)CN)cc2)c1.Cl. The number of aromatic nitrogens is 2. The Morgan fingerprint density at radius 1 is 1.38 bits per heavy atom. The maximum Gasteiger partial charge on any atom is 0.253 e. The van der Waals surface area contributed by atoms with Gasteiger partial charge < -0.3 is 10.6 Å². The van der Waals surface area contributed by atoms with Crippen molar-refractivity contribution in [3.63, 3.8) is 0 Å². The number of nitrogens with two attached hydrogens (primary N) is 1. The molecule has 0 aliphatic rings. The second kappa shape index (κ2) is 7.24. The first-order valence-corrected chi connectivity index (χ1v) is 6.62. The largest absolute Gasteiger partial charge is 0.338 e. The van der Waals surface area contributed by atoms with Gasteiger partial charge in [-0.15, -0.1) is 12.4 Å². The van der Waals surface area contributed by atoms with Crippen LogP contribution in [0.4, 0.5) is 0 Å². The number of aryl methyl sites for hydroxylation is 1. The van der Waals surface area contributed by atoms with Crippen molar-refractivity contribution < 1.29 is 4.79 Å². The molecule has 6 heteroatoms. The van der Waals surface area contributed by atoms with E-state index in [0.29, 0.717) is 12.1 Å². The second-order valence-electron chi connectivity index (χ2n) is 5.01. The van der Waals surface area contributed by atoms with E-state index in [-0.39, 0.29) is 24.4 Å². The van der Waals surface area contributed by atoms with Gasteiger partial charge in [0, 0.05) is 31.4 Å². The molecule has 21 heavy (non-hydrogen) atoms. The number of nitrogens with zero attached hydrogens (tertiary/aromatic N) is 3. The molecule has 1 aromatic heterocycles. The van der Waals surface area contributed by atoms with Gasteiger partial charge in [0.2, 0.25) is 0 Å². The lowest BCUT2D eigenvalue weighted by atomic mass is 10.1. The van der Waals surface area contributed by atoms with Crippen LogP contribution >= 0.6 is 12.4 Å². The third-order valence-electron chi connectivity index (χ3n) is 3.41. The maximum atomic E-state index is 12.2. The van der Waals surface area contributed by atoms with Crippen molar-refractivity contribution in [2.75, 3.05) is 13.6 Å². The number of amides is 1. The standard InChI is InChI=1S/C15H20N4O.ClH/c1-11-9-17-19(10-11)14-6-4-13(5-7-14)15(20)18(3)12(2)8-16;/h4-7,9-10,12H,8,16H2,1-3H3;1H. The van der Waals surface area contributed by atoms with Gasteiger partial charge in [-0.05, 0) is 43.7 Å². The molecule has 1 aromatic carbocycles. The van der Waals surface area contributed by atoms with Crippen molar-refractivity contribution in [1.29, 1.82) is 0 Å². The molecule has 2 rings (SSSR count). The third-order valence-corrected chi connectivity index (χ3v) is 3.41. The van der Waals surface area contributed by atoms with Gasteiger partial charge >= 0.3 is 0 Å². The van der Waals surface area contributed by atoms with Crippen molar-refractivity contribution in [1.82, 2.24) is 14.7 Å². The molecular formula is C15H21ClN4O. The van der Waals surface area contributed by atoms with E-state index in [4.69, 9.17) is 5.73 Å². The van der Waals surface area contributed by atoms with E-state index in [2.05, 4.69) is 5.10 Å². The molecule has 2 N–H and O–H groups in total. The third kappa shape index (κ3) is 3.83. The summed E-state index contributed by atoms with van der Waals surface area (Å²) >= 11 is 0. The highest BCUT2D eigenvalue weighted by Crippen LogP contribution is 2.12. The Kier molecular flexibility index (Phi) is 5.93. The summed E-state index contributed by atoms with van der Waals surface area (Å²) in [6, 6.07) is 7.43. The van der Waals surface area contributed by atoms with Gasteiger partial charge in [-0.1, -0.05) is 0 Å². The molecule has 0 radical (unpaired) electrons. The Morgan fingerprint density at radius 3 is 2.48 bits per heavy atom. The Balaban J connectivity index is 0.00000220. The molecule has 0 bridgehead atoms. The highest BCUT2D eigenvalue weighted by molar-refractivity contribution is 5.94. The van der Waals surface area contributed by atoms with Crippen LogP contribution in [0.15, 0.2) is 36.7 Å². The van der Waals surface area contributed by atoms with Gasteiger partial charge in [0.1, 0.15) is 0 Å². The monoisotopic (exact) mass is 308 g/mol. The molecule has 2 aromatic rings. The highest BCUT2D eigenvalue weighted by Gasteiger charge is 2.16. The molecule has 1 heterocycles. The predicted molar refractivity (Wildman–Crippen MR) is 86.2 cm³/mol. The van der Waals surface area contributed by atoms with Crippen molar-refractivity contribution in [3.05, 3.63) is 47.8 Å². The molecule has 0 saturated heterocycles. The van der Waals surface area contributed by atoms with Gasteiger partial charge in [-0.3, -0.25) is 4.79 Å². The van der Waals surface area contributed by atoms with Gasteiger partial charge in [-0.2, -0.15) is 5.10 Å².